The first kappa shape index (κ1) is 14.5. The smallest absolute Gasteiger partial charge is 0.136 e. The molecule has 0 spiro atoms. The van der Waals surface area contributed by atoms with E-state index in [0.29, 0.717) is 10.8 Å². The highest BCUT2D eigenvalue weighted by Crippen LogP contribution is 2.24. The maximum Gasteiger partial charge on any atom is 0.136 e. The average Bonchev–Trinajstić information content (AvgIpc) is 2.31. The van der Waals surface area contributed by atoms with Crippen LogP contribution in [0, 0.1) is 17.6 Å². The van der Waals surface area contributed by atoms with Crippen molar-refractivity contribution in [2.45, 2.75) is 25.2 Å². The van der Waals surface area contributed by atoms with Crippen molar-refractivity contribution in [2.75, 3.05) is 18.8 Å². The summed E-state index contributed by atoms with van der Waals surface area (Å²) < 4.78 is 26.3. The van der Waals surface area contributed by atoms with Crippen molar-refractivity contribution in [3.8, 4) is 0 Å². The molecule has 1 nitrogen and oxygen atoms in total. The lowest BCUT2D eigenvalue weighted by Gasteiger charge is -2.12. The molecule has 1 aromatic rings. The SMILES string of the molecule is CCCNCC(C)CSc1cc(F)ccc1F. The summed E-state index contributed by atoms with van der Waals surface area (Å²) in [6, 6.07) is 3.58. The molecule has 0 bridgehead atoms. The molecule has 1 rings (SSSR count). The third kappa shape index (κ3) is 5.50. The Morgan fingerprint density at radius 1 is 1.35 bits per heavy atom. The molecule has 0 amide bonds. The van der Waals surface area contributed by atoms with Crippen LogP contribution in [0.25, 0.3) is 0 Å². The van der Waals surface area contributed by atoms with Crippen molar-refractivity contribution in [2.24, 2.45) is 5.92 Å². The molecule has 0 saturated heterocycles. The van der Waals surface area contributed by atoms with Crippen LogP contribution in [0.1, 0.15) is 20.3 Å². The van der Waals surface area contributed by atoms with Gasteiger partial charge in [0.1, 0.15) is 11.6 Å². The first-order chi connectivity index (χ1) is 8.13. The molecule has 0 aliphatic heterocycles. The molecule has 1 atom stereocenters. The van der Waals surface area contributed by atoms with Crippen LogP contribution in [0.4, 0.5) is 8.78 Å². The number of nitrogens with one attached hydrogen (secondary N) is 1. The van der Waals surface area contributed by atoms with Crippen molar-refractivity contribution >= 4 is 11.8 Å². The first-order valence-corrected chi connectivity index (χ1v) is 6.90. The zero-order chi connectivity index (χ0) is 12.7. The van der Waals surface area contributed by atoms with Gasteiger partial charge in [-0.25, -0.2) is 8.78 Å². The van der Waals surface area contributed by atoms with E-state index < -0.39 is 0 Å². The number of thioether (sulfide) groups is 1. The zero-order valence-electron chi connectivity index (χ0n) is 10.3. The fourth-order valence-electron chi connectivity index (χ4n) is 1.40. The minimum absolute atomic E-state index is 0.342. The first-order valence-electron chi connectivity index (χ1n) is 5.92. The van der Waals surface area contributed by atoms with E-state index in [1.807, 2.05) is 0 Å². The highest BCUT2D eigenvalue weighted by Gasteiger charge is 2.07. The van der Waals surface area contributed by atoms with Crippen LogP contribution in [0.3, 0.4) is 0 Å². The highest BCUT2D eigenvalue weighted by atomic mass is 32.2. The fourth-order valence-corrected chi connectivity index (χ4v) is 2.39. The number of hydrogen-bond donors (Lipinski definition) is 1. The maximum absolute atomic E-state index is 13.3. The van der Waals surface area contributed by atoms with Crippen LogP contribution < -0.4 is 5.32 Å². The molecule has 0 aliphatic carbocycles. The molecular weight excluding hydrogens is 240 g/mol. The summed E-state index contributed by atoms with van der Waals surface area (Å²) >= 11 is 1.37. The van der Waals surface area contributed by atoms with E-state index in [2.05, 4.69) is 19.2 Å². The molecule has 17 heavy (non-hydrogen) atoms. The minimum atomic E-state index is -0.384. The van der Waals surface area contributed by atoms with Gasteiger partial charge in [-0.1, -0.05) is 13.8 Å². The monoisotopic (exact) mass is 259 g/mol. The third-order valence-electron chi connectivity index (χ3n) is 2.34. The zero-order valence-corrected chi connectivity index (χ0v) is 11.1. The van der Waals surface area contributed by atoms with Gasteiger partial charge in [-0.2, -0.15) is 0 Å². The van der Waals surface area contributed by atoms with Gasteiger partial charge in [0.15, 0.2) is 0 Å². The van der Waals surface area contributed by atoms with Gasteiger partial charge >= 0.3 is 0 Å². The second kappa shape index (κ2) is 7.67. The second-order valence-electron chi connectivity index (χ2n) is 4.20. The highest BCUT2D eigenvalue weighted by molar-refractivity contribution is 7.99. The molecule has 1 N–H and O–H groups in total. The molecule has 0 aromatic heterocycles. The Kier molecular flexibility index (Phi) is 6.52. The van der Waals surface area contributed by atoms with Crippen molar-refractivity contribution in [1.29, 1.82) is 0 Å². The van der Waals surface area contributed by atoms with Crippen molar-refractivity contribution < 1.29 is 8.78 Å². The van der Waals surface area contributed by atoms with E-state index in [9.17, 15) is 8.78 Å². The van der Waals surface area contributed by atoms with E-state index in [1.54, 1.807) is 0 Å². The average molecular weight is 259 g/mol. The normalized spacial score (nSPS) is 12.7. The molecule has 0 aliphatic rings. The Balaban J connectivity index is 2.36. The topological polar surface area (TPSA) is 12.0 Å². The summed E-state index contributed by atoms with van der Waals surface area (Å²) in [5.74, 6) is 0.502. The van der Waals surface area contributed by atoms with Gasteiger partial charge in [0.05, 0.1) is 0 Å². The summed E-state index contributed by atoms with van der Waals surface area (Å²) in [5.41, 5.74) is 0. The standard InChI is InChI=1S/C13H19F2NS/c1-3-6-16-8-10(2)9-17-13-7-11(14)4-5-12(13)15/h4-5,7,10,16H,3,6,8-9H2,1-2H3. The van der Waals surface area contributed by atoms with Crippen LogP contribution >= 0.6 is 11.8 Å². The Hall–Kier alpha value is -0.610. The maximum atomic E-state index is 13.3. The summed E-state index contributed by atoms with van der Waals surface area (Å²) in [7, 11) is 0. The number of hydrogen-bond acceptors (Lipinski definition) is 2. The van der Waals surface area contributed by atoms with Gasteiger partial charge in [-0.3, -0.25) is 0 Å². The van der Waals surface area contributed by atoms with Crippen LogP contribution in [0.2, 0.25) is 0 Å². The largest absolute Gasteiger partial charge is 0.316 e. The lowest BCUT2D eigenvalue weighted by Crippen LogP contribution is -2.23. The molecule has 0 heterocycles. The van der Waals surface area contributed by atoms with Gasteiger partial charge in [0.2, 0.25) is 0 Å². The summed E-state index contributed by atoms with van der Waals surface area (Å²) in [4.78, 5) is 0.396. The molecular formula is C13H19F2NS. The molecule has 0 fully saturated rings. The van der Waals surface area contributed by atoms with E-state index in [1.165, 1.54) is 23.9 Å². The van der Waals surface area contributed by atoms with Crippen molar-refractivity contribution in [3.63, 3.8) is 0 Å². The molecule has 0 radical (unpaired) electrons. The van der Waals surface area contributed by atoms with Crippen molar-refractivity contribution in [1.82, 2.24) is 5.32 Å². The number of benzene rings is 1. The fraction of sp³-hybridized carbons (Fsp3) is 0.538. The second-order valence-corrected chi connectivity index (χ2v) is 5.26. The van der Waals surface area contributed by atoms with Crippen molar-refractivity contribution in [3.05, 3.63) is 29.8 Å². The van der Waals surface area contributed by atoms with E-state index in [-0.39, 0.29) is 11.6 Å². The summed E-state index contributed by atoms with van der Waals surface area (Å²) in [6.45, 7) is 6.14. The minimum Gasteiger partial charge on any atom is -0.316 e. The van der Waals surface area contributed by atoms with Crippen LogP contribution in [0.5, 0.6) is 0 Å². The van der Waals surface area contributed by atoms with Crippen LogP contribution in [0.15, 0.2) is 23.1 Å². The Bertz CT molecular complexity index is 344. The lowest BCUT2D eigenvalue weighted by molar-refractivity contribution is 0.555. The molecule has 1 unspecified atom stereocenters. The number of rotatable bonds is 7. The molecule has 96 valence electrons. The van der Waals surface area contributed by atoms with E-state index in [0.717, 1.165) is 31.3 Å². The molecule has 0 saturated carbocycles. The Morgan fingerprint density at radius 3 is 2.82 bits per heavy atom. The summed E-state index contributed by atoms with van der Waals surface area (Å²) in [5, 5.41) is 3.32. The summed E-state index contributed by atoms with van der Waals surface area (Å²) in [6.07, 6.45) is 1.11. The third-order valence-corrected chi connectivity index (χ3v) is 3.70. The van der Waals surface area contributed by atoms with E-state index >= 15 is 0 Å². The van der Waals surface area contributed by atoms with Gasteiger partial charge in [0, 0.05) is 10.6 Å². The lowest BCUT2D eigenvalue weighted by atomic mass is 10.2. The van der Waals surface area contributed by atoms with E-state index in [4.69, 9.17) is 0 Å². The van der Waals surface area contributed by atoms with Crippen LogP contribution in [-0.4, -0.2) is 18.8 Å². The Morgan fingerprint density at radius 2 is 2.12 bits per heavy atom. The predicted molar refractivity (Wildman–Crippen MR) is 69.4 cm³/mol. The van der Waals surface area contributed by atoms with Gasteiger partial charge in [-0.05, 0) is 43.6 Å². The quantitative estimate of drug-likeness (QED) is 0.592. The van der Waals surface area contributed by atoms with Crippen LogP contribution in [-0.2, 0) is 0 Å². The predicted octanol–water partition coefficient (Wildman–Crippen LogP) is 3.69. The van der Waals surface area contributed by atoms with Gasteiger partial charge in [-0.15, -0.1) is 11.8 Å². The Labute approximate surface area is 106 Å². The van der Waals surface area contributed by atoms with Gasteiger partial charge in [0.25, 0.3) is 0 Å². The van der Waals surface area contributed by atoms with Gasteiger partial charge < -0.3 is 5.32 Å². The number of halogens is 2. The molecule has 4 heteroatoms. The molecule has 1 aromatic carbocycles.